The van der Waals surface area contributed by atoms with Gasteiger partial charge in [-0.1, -0.05) is 67.6 Å². The maximum absolute atomic E-state index is 13.6. The smallest absolute Gasteiger partial charge is 0.228 e. The number of pyridine rings is 1. The quantitative estimate of drug-likeness (QED) is 0.614. The van der Waals surface area contributed by atoms with Crippen molar-refractivity contribution in [2.24, 2.45) is 5.41 Å². The van der Waals surface area contributed by atoms with Crippen LogP contribution in [-0.2, 0) is 22.6 Å². The number of likely N-dealkylation sites (tertiary alicyclic amines) is 1. The average Bonchev–Trinajstić information content (AvgIpc) is 3.29. The van der Waals surface area contributed by atoms with E-state index in [1.165, 1.54) is 0 Å². The summed E-state index contributed by atoms with van der Waals surface area (Å²) in [5.74, 6) is 0.108. The van der Waals surface area contributed by atoms with Crippen LogP contribution in [0.1, 0.15) is 30.9 Å². The molecule has 1 N–H and O–H groups in total. The van der Waals surface area contributed by atoms with Gasteiger partial charge in [0.1, 0.15) is 0 Å². The van der Waals surface area contributed by atoms with Crippen molar-refractivity contribution in [1.29, 1.82) is 0 Å². The highest BCUT2D eigenvalue weighted by Crippen LogP contribution is 2.37. The Kier molecular flexibility index (Phi) is 6.64. The first-order chi connectivity index (χ1) is 15.6. The molecule has 2 aromatic carbocycles. The summed E-state index contributed by atoms with van der Waals surface area (Å²) in [6.45, 7) is 3.41. The highest BCUT2D eigenvalue weighted by Gasteiger charge is 2.45. The number of hydrogen-bond acceptors (Lipinski definition) is 3. The number of nitrogens with one attached hydrogen (secondary N) is 1. The summed E-state index contributed by atoms with van der Waals surface area (Å²) in [6, 6.07) is 22.1. The minimum atomic E-state index is -0.655. The summed E-state index contributed by atoms with van der Waals surface area (Å²) in [5, 5.41) is 3.15. The first-order valence-electron chi connectivity index (χ1n) is 11.2. The van der Waals surface area contributed by atoms with Crippen LogP contribution in [0.3, 0.4) is 0 Å². The number of benzene rings is 2. The Balaban J connectivity index is 1.62. The van der Waals surface area contributed by atoms with Crippen molar-refractivity contribution in [2.45, 2.75) is 32.7 Å². The van der Waals surface area contributed by atoms with E-state index < -0.39 is 5.41 Å². The predicted octanol–water partition coefficient (Wildman–Crippen LogP) is 4.24. The number of carbonyl (C=O) groups is 2. The summed E-state index contributed by atoms with van der Waals surface area (Å²) in [6.07, 6.45) is 5.29. The van der Waals surface area contributed by atoms with Crippen LogP contribution in [0, 0.1) is 5.41 Å². The van der Waals surface area contributed by atoms with E-state index in [1.54, 1.807) is 6.20 Å². The maximum Gasteiger partial charge on any atom is 0.228 e. The van der Waals surface area contributed by atoms with Crippen molar-refractivity contribution in [3.63, 3.8) is 0 Å². The van der Waals surface area contributed by atoms with Crippen molar-refractivity contribution in [3.8, 4) is 11.1 Å². The van der Waals surface area contributed by atoms with Crippen molar-refractivity contribution >= 4 is 11.8 Å². The largest absolute Gasteiger partial charge is 0.351 e. The zero-order valence-corrected chi connectivity index (χ0v) is 18.5. The van der Waals surface area contributed by atoms with Crippen LogP contribution in [0.4, 0.5) is 0 Å². The van der Waals surface area contributed by atoms with Gasteiger partial charge in [-0.15, -0.1) is 0 Å². The normalized spacial score (nSPS) is 17.8. The van der Waals surface area contributed by atoms with E-state index in [4.69, 9.17) is 0 Å². The van der Waals surface area contributed by atoms with Crippen LogP contribution in [0.15, 0.2) is 79.1 Å². The van der Waals surface area contributed by atoms with Crippen molar-refractivity contribution in [1.82, 2.24) is 15.2 Å². The number of aromatic nitrogens is 1. The molecule has 32 heavy (non-hydrogen) atoms. The molecule has 2 heterocycles. The fourth-order valence-electron chi connectivity index (χ4n) is 4.53. The average molecular weight is 428 g/mol. The Bertz CT molecular complexity index is 1070. The second kappa shape index (κ2) is 9.77. The minimum Gasteiger partial charge on any atom is -0.351 e. The van der Waals surface area contributed by atoms with Crippen LogP contribution in [-0.4, -0.2) is 34.8 Å². The van der Waals surface area contributed by atoms with E-state index in [9.17, 15) is 9.59 Å². The Hall–Kier alpha value is -3.47. The maximum atomic E-state index is 13.6. The lowest BCUT2D eigenvalue weighted by Crippen LogP contribution is -2.45. The van der Waals surface area contributed by atoms with Gasteiger partial charge in [-0.3, -0.25) is 14.6 Å². The number of rotatable bonds is 7. The number of nitrogens with zero attached hydrogens (tertiary/aromatic N) is 2. The third-order valence-corrected chi connectivity index (χ3v) is 6.31. The molecule has 5 nitrogen and oxygen atoms in total. The van der Waals surface area contributed by atoms with Gasteiger partial charge in [0, 0.05) is 44.0 Å². The third-order valence-electron chi connectivity index (χ3n) is 6.31. The lowest BCUT2D eigenvalue weighted by Gasteiger charge is -2.29. The molecule has 0 saturated carbocycles. The molecule has 1 aliphatic rings. The molecule has 0 spiro atoms. The van der Waals surface area contributed by atoms with E-state index in [-0.39, 0.29) is 11.8 Å². The van der Waals surface area contributed by atoms with E-state index in [1.807, 2.05) is 72.6 Å². The fourth-order valence-corrected chi connectivity index (χ4v) is 4.53. The van der Waals surface area contributed by atoms with Gasteiger partial charge in [0.15, 0.2) is 0 Å². The standard InChI is InChI=1S/C27H29N3O2/c1-2-25(31)30-16-14-27(20-30,26(32)29-18-21-9-4-3-5-10-21)17-22-11-6-7-13-24(22)23-12-8-15-28-19-23/h3-13,15,19H,2,14,16-18,20H2,1H3,(H,29,32)/t27-/m1/s1. The molecule has 0 unspecified atom stereocenters. The van der Waals surface area contributed by atoms with Crippen LogP contribution in [0.25, 0.3) is 11.1 Å². The second-order valence-corrected chi connectivity index (χ2v) is 8.44. The van der Waals surface area contributed by atoms with Gasteiger partial charge >= 0.3 is 0 Å². The number of hydrogen-bond donors (Lipinski definition) is 1. The summed E-state index contributed by atoms with van der Waals surface area (Å²) in [4.78, 5) is 32.1. The molecule has 1 aliphatic heterocycles. The monoisotopic (exact) mass is 427 g/mol. The molecule has 2 amide bonds. The Morgan fingerprint density at radius 3 is 2.56 bits per heavy atom. The summed E-state index contributed by atoms with van der Waals surface area (Å²) >= 11 is 0. The van der Waals surface area contributed by atoms with E-state index in [0.717, 1.165) is 22.3 Å². The molecule has 5 heteroatoms. The number of amides is 2. The third kappa shape index (κ3) is 4.72. The Morgan fingerprint density at radius 1 is 1.03 bits per heavy atom. The van der Waals surface area contributed by atoms with Crippen molar-refractivity contribution in [3.05, 3.63) is 90.3 Å². The van der Waals surface area contributed by atoms with Gasteiger partial charge in [-0.25, -0.2) is 0 Å². The van der Waals surface area contributed by atoms with Gasteiger partial charge in [-0.2, -0.15) is 0 Å². The molecule has 3 aromatic rings. The topological polar surface area (TPSA) is 62.3 Å². The fraction of sp³-hybridized carbons (Fsp3) is 0.296. The van der Waals surface area contributed by atoms with Crippen LogP contribution >= 0.6 is 0 Å². The van der Waals surface area contributed by atoms with Crippen LogP contribution in [0.5, 0.6) is 0 Å². The van der Waals surface area contributed by atoms with E-state index >= 15 is 0 Å². The van der Waals surface area contributed by atoms with Gasteiger partial charge < -0.3 is 10.2 Å². The first kappa shape index (κ1) is 21.8. The summed E-state index contributed by atoms with van der Waals surface area (Å²) in [5.41, 5.74) is 3.61. The SMILES string of the molecule is CCC(=O)N1CC[C@](Cc2ccccc2-c2cccnc2)(C(=O)NCc2ccccc2)C1. The highest BCUT2D eigenvalue weighted by atomic mass is 16.2. The predicted molar refractivity (Wildman–Crippen MR) is 126 cm³/mol. The zero-order valence-electron chi connectivity index (χ0n) is 18.5. The Morgan fingerprint density at radius 2 is 1.81 bits per heavy atom. The molecule has 164 valence electrons. The molecular formula is C27H29N3O2. The van der Waals surface area contributed by atoms with Crippen LogP contribution in [0.2, 0.25) is 0 Å². The summed E-state index contributed by atoms with van der Waals surface area (Å²) < 4.78 is 0. The number of carbonyl (C=O) groups excluding carboxylic acids is 2. The van der Waals surface area contributed by atoms with Crippen LogP contribution < -0.4 is 5.32 Å². The molecule has 1 fully saturated rings. The van der Waals surface area contributed by atoms with Gasteiger partial charge in [0.2, 0.25) is 11.8 Å². The van der Waals surface area contributed by atoms with Crippen molar-refractivity contribution in [2.75, 3.05) is 13.1 Å². The highest BCUT2D eigenvalue weighted by molar-refractivity contribution is 5.86. The minimum absolute atomic E-state index is 0.00810. The van der Waals surface area contributed by atoms with E-state index in [2.05, 4.69) is 22.4 Å². The molecule has 0 bridgehead atoms. The van der Waals surface area contributed by atoms with E-state index in [0.29, 0.717) is 38.9 Å². The molecule has 1 aromatic heterocycles. The summed E-state index contributed by atoms with van der Waals surface area (Å²) in [7, 11) is 0. The van der Waals surface area contributed by atoms with Gasteiger partial charge in [0.25, 0.3) is 0 Å². The molecule has 0 radical (unpaired) electrons. The molecule has 0 aliphatic carbocycles. The molecule has 4 rings (SSSR count). The van der Waals surface area contributed by atoms with Gasteiger partial charge in [-0.05, 0) is 35.6 Å². The lowest BCUT2D eigenvalue weighted by atomic mass is 9.78. The Labute approximate surface area is 189 Å². The molecular weight excluding hydrogens is 398 g/mol. The van der Waals surface area contributed by atoms with Gasteiger partial charge in [0.05, 0.1) is 5.41 Å². The zero-order chi connectivity index (χ0) is 22.4. The first-order valence-corrected chi connectivity index (χ1v) is 11.2. The van der Waals surface area contributed by atoms with Crippen molar-refractivity contribution < 1.29 is 9.59 Å². The molecule has 1 atom stereocenters. The molecule has 1 saturated heterocycles. The second-order valence-electron chi connectivity index (χ2n) is 8.44. The lowest BCUT2D eigenvalue weighted by molar-refractivity contribution is -0.133.